The third kappa shape index (κ3) is 7.63. The molecular formula is C21H11F13N2O5. The summed E-state index contributed by atoms with van der Waals surface area (Å²) in [4.78, 5) is 22.0. The number of alkyl halides is 13. The van der Waals surface area contributed by atoms with Crippen molar-refractivity contribution in [2.45, 2.75) is 36.5 Å². The highest BCUT2D eigenvalue weighted by Gasteiger charge is 2.80. The van der Waals surface area contributed by atoms with Gasteiger partial charge >= 0.3 is 36.5 Å². The van der Waals surface area contributed by atoms with Crippen LogP contribution in [0.4, 0.5) is 68.5 Å². The van der Waals surface area contributed by atoms with Crippen LogP contribution in [-0.4, -0.2) is 41.4 Å². The number of nitrogens with one attached hydrogen (secondary N) is 1. The molecular weight excluding hydrogens is 607 g/mol. The molecule has 0 saturated heterocycles. The number of nitrogens with zero attached hydrogens (tertiary/aromatic N) is 1. The molecule has 0 fully saturated rings. The minimum Gasteiger partial charge on any atom is -0.322 e. The Bertz CT molecular complexity index is 1310. The van der Waals surface area contributed by atoms with Crippen molar-refractivity contribution in [2.24, 2.45) is 0 Å². The molecule has 2 aromatic carbocycles. The minimum absolute atomic E-state index is 0.00796. The first-order valence-corrected chi connectivity index (χ1v) is 10.1. The average molecular weight is 618 g/mol. The maximum absolute atomic E-state index is 14.4. The van der Waals surface area contributed by atoms with Crippen LogP contribution < -0.4 is 5.32 Å². The largest absolute Gasteiger partial charge is 0.527 e. The van der Waals surface area contributed by atoms with Gasteiger partial charge in [-0.05, 0) is 23.8 Å². The molecule has 0 radical (unpaired) electrons. The van der Waals surface area contributed by atoms with Crippen molar-refractivity contribution >= 4 is 23.4 Å². The predicted molar refractivity (Wildman–Crippen MR) is 109 cm³/mol. The minimum atomic E-state index is -7.56. The van der Waals surface area contributed by atoms with Gasteiger partial charge in [0, 0.05) is 29.5 Å². The predicted octanol–water partition coefficient (Wildman–Crippen LogP) is 7.31. The first-order valence-electron chi connectivity index (χ1n) is 10.1. The molecule has 0 atom stereocenters. The highest BCUT2D eigenvalue weighted by Crippen LogP contribution is 2.54. The molecule has 1 N–H and O–H groups in total. The normalized spacial score (nSPS) is 13.9. The first kappa shape index (κ1) is 33.3. The fourth-order valence-electron chi connectivity index (χ4n) is 2.73. The van der Waals surface area contributed by atoms with Crippen molar-refractivity contribution in [1.29, 1.82) is 0 Å². The van der Waals surface area contributed by atoms with Crippen LogP contribution in [0, 0.1) is 10.1 Å². The number of amides is 1. The van der Waals surface area contributed by atoms with Gasteiger partial charge in [0.2, 0.25) is 5.91 Å². The molecule has 7 nitrogen and oxygen atoms in total. The molecule has 0 aliphatic rings. The number of hydrogen-bond acceptors (Lipinski definition) is 5. The topological polar surface area (TPSA) is 90.7 Å². The molecule has 226 valence electrons. The van der Waals surface area contributed by atoms with Crippen molar-refractivity contribution in [3.8, 4) is 0 Å². The lowest BCUT2D eigenvalue weighted by Crippen LogP contribution is -2.61. The molecule has 0 unspecified atom stereocenters. The number of nitro groups is 1. The summed E-state index contributed by atoms with van der Waals surface area (Å²) in [6, 6.07) is 6.10. The molecule has 0 bridgehead atoms. The molecule has 0 aliphatic carbocycles. The monoisotopic (exact) mass is 618 g/mol. The van der Waals surface area contributed by atoms with Crippen LogP contribution in [0.1, 0.15) is 11.1 Å². The summed E-state index contributed by atoms with van der Waals surface area (Å²) in [5.74, 6) is -14.8. The molecule has 0 heterocycles. The van der Waals surface area contributed by atoms with E-state index in [0.29, 0.717) is 12.1 Å². The Kier molecular flexibility index (Phi) is 9.04. The number of non-ortho nitro benzene ring substituents is 1. The van der Waals surface area contributed by atoms with E-state index < -0.39 is 58.6 Å². The Morgan fingerprint density at radius 2 is 1.34 bits per heavy atom. The number of rotatable bonds is 11. The second kappa shape index (κ2) is 11.1. The third-order valence-corrected chi connectivity index (χ3v) is 4.60. The summed E-state index contributed by atoms with van der Waals surface area (Å²) < 4.78 is 176. The zero-order valence-corrected chi connectivity index (χ0v) is 19.2. The van der Waals surface area contributed by atoms with Crippen molar-refractivity contribution in [2.75, 3.05) is 5.32 Å². The van der Waals surface area contributed by atoms with Crippen molar-refractivity contribution in [3.05, 3.63) is 75.8 Å². The zero-order valence-electron chi connectivity index (χ0n) is 19.2. The second-order valence-corrected chi connectivity index (χ2v) is 7.60. The van der Waals surface area contributed by atoms with Crippen LogP contribution in [0.2, 0.25) is 0 Å². The molecule has 20 heteroatoms. The van der Waals surface area contributed by atoms with Gasteiger partial charge in [-0.25, -0.2) is 9.47 Å². The summed E-state index contributed by atoms with van der Waals surface area (Å²) >= 11 is 0. The Morgan fingerprint density at radius 3 is 1.90 bits per heavy atom. The van der Waals surface area contributed by atoms with E-state index in [1.54, 1.807) is 0 Å². The van der Waals surface area contributed by atoms with Gasteiger partial charge in [0.05, 0.1) is 4.92 Å². The standard InChI is InChI=1S/C21H11F13N2O5/c22-16(23,18(26,27)40-19(28,29)17(24,25)20(30,31)41-21(32,33)34)12-4-2-5-13(10-12)35-15(37)8-7-11-3-1-6-14(9-11)36(38)39/h1-10H,(H,35,37)/b8-7+. The lowest BCUT2D eigenvalue weighted by Gasteiger charge is -2.35. The Morgan fingerprint density at radius 1 is 0.780 bits per heavy atom. The smallest absolute Gasteiger partial charge is 0.322 e. The number of ether oxygens (including phenoxy) is 2. The fraction of sp³-hybridized carbons (Fsp3) is 0.286. The summed E-state index contributed by atoms with van der Waals surface area (Å²) in [5, 5.41) is 12.6. The third-order valence-electron chi connectivity index (χ3n) is 4.60. The van der Waals surface area contributed by atoms with E-state index in [1.807, 2.05) is 10.1 Å². The van der Waals surface area contributed by atoms with Crippen LogP contribution in [0.25, 0.3) is 6.08 Å². The van der Waals surface area contributed by atoms with Gasteiger partial charge in [0.15, 0.2) is 0 Å². The van der Waals surface area contributed by atoms with Gasteiger partial charge in [-0.15, -0.1) is 13.2 Å². The fourth-order valence-corrected chi connectivity index (χ4v) is 2.73. The maximum Gasteiger partial charge on any atom is 0.527 e. The Balaban J connectivity index is 2.27. The second-order valence-electron chi connectivity index (χ2n) is 7.60. The lowest BCUT2D eigenvalue weighted by molar-refractivity contribution is -0.535. The number of carbonyl (C=O) groups is 1. The van der Waals surface area contributed by atoms with Gasteiger partial charge in [-0.1, -0.05) is 24.3 Å². The van der Waals surface area contributed by atoms with Gasteiger partial charge < -0.3 is 5.32 Å². The van der Waals surface area contributed by atoms with E-state index in [0.717, 1.165) is 24.3 Å². The van der Waals surface area contributed by atoms with E-state index >= 15 is 0 Å². The lowest BCUT2D eigenvalue weighted by atomic mass is 10.1. The van der Waals surface area contributed by atoms with Crippen molar-refractivity contribution < 1.29 is 76.3 Å². The summed E-state index contributed by atoms with van der Waals surface area (Å²) in [5.41, 5.74) is -3.02. The molecule has 0 aromatic heterocycles. The van der Waals surface area contributed by atoms with E-state index in [2.05, 4.69) is 0 Å². The van der Waals surface area contributed by atoms with Gasteiger partial charge in [-0.3, -0.25) is 14.9 Å². The SMILES string of the molecule is O=C(/C=C/c1cccc([N+](=O)[O-])c1)Nc1cccc(C(F)(F)C(F)(F)OC(F)(F)C(F)(F)C(F)(F)OC(F)(F)F)c1. The van der Waals surface area contributed by atoms with Gasteiger partial charge in [0.1, 0.15) is 0 Å². The molecule has 0 aliphatic heterocycles. The number of anilines is 1. The molecule has 2 aromatic rings. The summed E-state index contributed by atoms with van der Waals surface area (Å²) in [6.07, 6.45) is -26.4. The van der Waals surface area contributed by atoms with Crippen molar-refractivity contribution in [3.63, 3.8) is 0 Å². The highest BCUT2D eigenvalue weighted by molar-refractivity contribution is 6.02. The van der Waals surface area contributed by atoms with Crippen LogP contribution in [0.3, 0.4) is 0 Å². The van der Waals surface area contributed by atoms with Crippen LogP contribution in [-0.2, 0) is 20.2 Å². The molecule has 2 rings (SSSR count). The molecule has 1 amide bonds. The molecule has 0 saturated carbocycles. The van der Waals surface area contributed by atoms with E-state index in [-0.39, 0.29) is 23.4 Å². The Labute approximate surface area is 218 Å². The van der Waals surface area contributed by atoms with E-state index in [4.69, 9.17) is 0 Å². The molecule has 41 heavy (non-hydrogen) atoms. The van der Waals surface area contributed by atoms with Crippen molar-refractivity contribution in [1.82, 2.24) is 0 Å². The van der Waals surface area contributed by atoms with Crippen LogP contribution >= 0.6 is 0 Å². The quantitative estimate of drug-likeness (QED) is 0.124. The average Bonchev–Trinajstić information content (AvgIpc) is 2.80. The number of hydrogen-bond donors (Lipinski definition) is 1. The van der Waals surface area contributed by atoms with E-state index in [9.17, 15) is 72.0 Å². The first-order chi connectivity index (χ1) is 18.4. The maximum atomic E-state index is 14.4. The highest BCUT2D eigenvalue weighted by atomic mass is 19.4. The number of nitro benzene ring substituents is 1. The van der Waals surface area contributed by atoms with Gasteiger partial charge in [0.25, 0.3) is 5.69 Å². The molecule has 0 spiro atoms. The van der Waals surface area contributed by atoms with Crippen LogP contribution in [0.5, 0.6) is 0 Å². The van der Waals surface area contributed by atoms with E-state index in [1.165, 1.54) is 16.9 Å². The number of halogens is 13. The van der Waals surface area contributed by atoms with Gasteiger partial charge in [-0.2, -0.15) is 43.9 Å². The zero-order chi connectivity index (χ0) is 31.7. The Hall–Kier alpha value is -3.94. The summed E-state index contributed by atoms with van der Waals surface area (Å²) in [7, 11) is 0. The number of benzene rings is 2. The summed E-state index contributed by atoms with van der Waals surface area (Å²) in [6.45, 7) is 0. The number of carbonyl (C=O) groups excluding carboxylic acids is 1. The van der Waals surface area contributed by atoms with Crippen LogP contribution in [0.15, 0.2) is 54.6 Å².